The zero-order valence-electron chi connectivity index (χ0n) is 19.2. The van der Waals surface area contributed by atoms with Crippen molar-refractivity contribution in [3.63, 3.8) is 0 Å². The van der Waals surface area contributed by atoms with Crippen LogP contribution in [0.5, 0.6) is 5.75 Å². The number of nitrogens with one attached hydrogen (secondary N) is 2. The van der Waals surface area contributed by atoms with Crippen LogP contribution in [0.1, 0.15) is 44.7 Å². The summed E-state index contributed by atoms with van der Waals surface area (Å²) in [5.74, 6) is 2.30. The van der Waals surface area contributed by atoms with Crippen LogP contribution in [0, 0.1) is 12.8 Å². The Kier molecular flexibility index (Phi) is 14.1. The van der Waals surface area contributed by atoms with Crippen molar-refractivity contribution >= 4 is 29.9 Å². The maximum atomic E-state index is 6.15. The van der Waals surface area contributed by atoms with Crippen LogP contribution >= 0.6 is 24.0 Å². The SMILES string of the molecule is CCNC(=NCc1ccc(C)cc1OCC1CCOC1)NCCCN(CC)CC.I. The van der Waals surface area contributed by atoms with Crippen molar-refractivity contribution in [2.75, 3.05) is 52.5 Å². The molecule has 1 atom stereocenters. The van der Waals surface area contributed by atoms with Crippen molar-refractivity contribution in [3.05, 3.63) is 29.3 Å². The molecule has 1 aliphatic rings. The average Bonchev–Trinajstić information content (AvgIpc) is 3.25. The van der Waals surface area contributed by atoms with E-state index in [-0.39, 0.29) is 24.0 Å². The normalized spacial score (nSPS) is 16.4. The van der Waals surface area contributed by atoms with E-state index in [1.807, 2.05) is 0 Å². The van der Waals surface area contributed by atoms with Crippen LogP contribution in [-0.2, 0) is 11.3 Å². The highest BCUT2D eigenvalue weighted by Crippen LogP contribution is 2.23. The first-order valence-electron chi connectivity index (χ1n) is 11.2. The number of nitrogens with zero attached hydrogens (tertiary/aromatic N) is 2. The van der Waals surface area contributed by atoms with Gasteiger partial charge in [-0.3, -0.25) is 0 Å². The van der Waals surface area contributed by atoms with E-state index in [1.165, 1.54) is 5.56 Å². The molecule has 0 aromatic heterocycles. The zero-order valence-corrected chi connectivity index (χ0v) is 21.5. The van der Waals surface area contributed by atoms with E-state index in [0.29, 0.717) is 19.1 Å². The number of ether oxygens (including phenoxy) is 2. The molecule has 0 aliphatic carbocycles. The Labute approximate surface area is 200 Å². The van der Waals surface area contributed by atoms with E-state index < -0.39 is 0 Å². The molecule has 0 radical (unpaired) electrons. The van der Waals surface area contributed by atoms with Gasteiger partial charge in [0.05, 0.1) is 19.8 Å². The van der Waals surface area contributed by atoms with Crippen LogP contribution in [0.4, 0.5) is 0 Å². The number of aliphatic imine (C=N–C) groups is 1. The van der Waals surface area contributed by atoms with Crippen molar-refractivity contribution in [1.29, 1.82) is 0 Å². The summed E-state index contributed by atoms with van der Waals surface area (Å²) in [6, 6.07) is 6.37. The van der Waals surface area contributed by atoms with Crippen LogP contribution in [0.15, 0.2) is 23.2 Å². The minimum Gasteiger partial charge on any atom is -0.493 e. The van der Waals surface area contributed by atoms with E-state index in [9.17, 15) is 0 Å². The Balaban J connectivity index is 0.00000450. The predicted octanol–water partition coefficient (Wildman–Crippen LogP) is 3.82. The summed E-state index contributed by atoms with van der Waals surface area (Å²) in [4.78, 5) is 7.23. The number of aryl methyl sites for hydroxylation is 1. The highest BCUT2D eigenvalue weighted by atomic mass is 127. The van der Waals surface area contributed by atoms with Crippen LogP contribution in [-0.4, -0.2) is 63.4 Å². The van der Waals surface area contributed by atoms with Gasteiger partial charge in [0.1, 0.15) is 5.75 Å². The standard InChI is InChI=1S/C23H40N4O2.HI/c1-5-24-23(25-12-8-13-27(6-2)7-3)26-16-21-10-9-19(4)15-22(21)29-18-20-11-14-28-17-20;/h9-10,15,20H,5-8,11-14,16-18H2,1-4H3,(H2,24,25,26);1H. The van der Waals surface area contributed by atoms with Gasteiger partial charge in [0.25, 0.3) is 0 Å². The topological polar surface area (TPSA) is 58.1 Å². The molecule has 1 aliphatic heterocycles. The molecule has 1 unspecified atom stereocenters. The Morgan fingerprint density at radius 2 is 2.03 bits per heavy atom. The van der Waals surface area contributed by atoms with Gasteiger partial charge in [-0.25, -0.2) is 4.99 Å². The fraction of sp³-hybridized carbons (Fsp3) is 0.696. The molecule has 1 saturated heterocycles. The summed E-state index contributed by atoms with van der Waals surface area (Å²) in [5.41, 5.74) is 2.33. The molecule has 1 fully saturated rings. The second kappa shape index (κ2) is 15.7. The highest BCUT2D eigenvalue weighted by Gasteiger charge is 2.17. The third-order valence-electron chi connectivity index (χ3n) is 5.31. The third kappa shape index (κ3) is 9.83. The molecule has 2 rings (SSSR count). The molecule has 0 spiro atoms. The maximum Gasteiger partial charge on any atom is 0.191 e. The summed E-state index contributed by atoms with van der Waals surface area (Å²) in [6.07, 6.45) is 2.19. The van der Waals surface area contributed by atoms with E-state index in [0.717, 1.165) is 76.1 Å². The molecule has 6 nitrogen and oxygen atoms in total. The van der Waals surface area contributed by atoms with E-state index in [1.54, 1.807) is 0 Å². The van der Waals surface area contributed by atoms with Crippen LogP contribution in [0.3, 0.4) is 0 Å². The van der Waals surface area contributed by atoms with E-state index >= 15 is 0 Å². The summed E-state index contributed by atoms with van der Waals surface area (Å²) in [5, 5.41) is 6.80. The monoisotopic (exact) mass is 532 g/mol. The van der Waals surface area contributed by atoms with E-state index in [2.05, 4.69) is 61.4 Å². The van der Waals surface area contributed by atoms with Gasteiger partial charge in [-0.05, 0) is 58.0 Å². The predicted molar refractivity (Wildman–Crippen MR) is 136 cm³/mol. The molecular formula is C23H41IN4O2. The molecular weight excluding hydrogens is 491 g/mol. The van der Waals surface area contributed by atoms with Gasteiger partial charge in [-0.2, -0.15) is 0 Å². The zero-order chi connectivity index (χ0) is 20.9. The van der Waals surface area contributed by atoms with Crippen LogP contribution < -0.4 is 15.4 Å². The number of guanidine groups is 1. The number of rotatable bonds is 12. The van der Waals surface area contributed by atoms with Crippen molar-refractivity contribution in [3.8, 4) is 5.75 Å². The van der Waals surface area contributed by atoms with Crippen molar-refractivity contribution in [2.24, 2.45) is 10.9 Å². The first-order chi connectivity index (χ1) is 14.2. The lowest BCUT2D eigenvalue weighted by atomic mass is 10.1. The Morgan fingerprint density at radius 3 is 2.70 bits per heavy atom. The molecule has 0 bridgehead atoms. The smallest absolute Gasteiger partial charge is 0.191 e. The first-order valence-corrected chi connectivity index (χ1v) is 11.2. The molecule has 1 heterocycles. The van der Waals surface area contributed by atoms with Crippen molar-refractivity contribution in [2.45, 2.75) is 47.1 Å². The lowest BCUT2D eigenvalue weighted by Crippen LogP contribution is -2.38. The number of hydrogen-bond acceptors (Lipinski definition) is 4. The lowest BCUT2D eigenvalue weighted by Gasteiger charge is -2.18. The van der Waals surface area contributed by atoms with Gasteiger partial charge in [0.15, 0.2) is 5.96 Å². The fourth-order valence-corrected chi connectivity index (χ4v) is 3.40. The Morgan fingerprint density at radius 1 is 1.23 bits per heavy atom. The molecule has 7 heteroatoms. The van der Waals surface area contributed by atoms with Crippen molar-refractivity contribution < 1.29 is 9.47 Å². The van der Waals surface area contributed by atoms with Crippen LogP contribution in [0.2, 0.25) is 0 Å². The summed E-state index contributed by atoms with van der Waals surface area (Å²) in [7, 11) is 0. The molecule has 0 saturated carbocycles. The number of benzene rings is 1. The fourth-order valence-electron chi connectivity index (χ4n) is 3.40. The molecule has 1 aromatic rings. The molecule has 0 amide bonds. The summed E-state index contributed by atoms with van der Waals surface area (Å²) >= 11 is 0. The van der Waals surface area contributed by atoms with Gasteiger partial charge in [-0.1, -0.05) is 26.0 Å². The second-order valence-corrected chi connectivity index (χ2v) is 7.65. The largest absolute Gasteiger partial charge is 0.493 e. The third-order valence-corrected chi connectivity index (χ3v) is 5.31. The van der Waals surface area contributed by atoms with Crippen molar-refractivity contribution in [1.82, 2.24) is 15.5 Å². The number of halogens is 1. The summed E-state index contributed by atoms with van der Waals surface area (Å²) < 4.78 is 11.6. The Bertz CT molecular complexity index is 617. The van der Waals surface area contributed by atoms with E-state index in [4.69, 9.17) is 14.5 Å². The van der Waals surface area contributed by atoms with Gasteiger partial charge in [0, 0.05) is 31.2 Å². The number of hydrogen-bond donors (Lipinski definition) is 2. The average molecular weight is 533 g/mol. The lowest BCUT2D eigenvalue weighted by molar-refractivity contribution is 0.166. The molecule has 30 heavy (non-hydrogen) atoms. The quantitative estimate of drug-likeness (QED) is 0.186. The Hall–Kier alpha value is -1.06. The molecule has 1 aromatic carbocycles. The van der Waals surface area contributed by atoms with Gasteiger partial charge in [-0.15, -0.1) is 24.0 Å². The minimum absolute atomic E-state index is 0. The highest BCUT2D eigenvalue weighted by molar-refractivity contribution is 14.0. The van der Waals surface area contributed by atoms with Gasteiger partial charge >= 0.3 is 0 Å². The van der Waals surface area contributed by atoms with Gasteiger partial charge in [0.2, 0.25) is 0 Å². The second-order valence-electron chi connectivity index (χ2n) is 7.65. The molecule has 172 valence electrons. The minimum atomic E-state index is 0. The van der Waals surface area contributed by atoms with Gasteiger partial charge < -0.3 is 25.0 Å². The first kappa shape index (κ1) is 27.0. The summed E-state index contributed by atoms with van der Waals surface area (Å²) in [6.45, 7) is 16.7. The van der Waals surface area contributed by atoms with Crippen LogP contribution in [0.25, 0.3) is 0 Å². The molecule has 2 N–H and O–H groups in total. The maximum absolute atomic E-state index is 6.15.